The predicted molar refractivity (Wildman–Crippen MR) is 73.0 cm³/mol. The zero-order valence-corrected chi connectivity index (χ0v) is 10.9. The maximum absolute atomic E-state index is 12.1. The third kappa shape index (κ3) is 3.33. The fourth-order valence-electron chi connectivity index (χ4n) is 1.65. The molecule has 2 rings (SSSR count). The second-order valence-corrected chi connectivity index (χ2v) is 5.64. The van der Waals surface area contributed by atoms with Crippen molar-refractivity contribution in [2.45, 2.75) is 11.3 Å². The van der Waals surface area contributed by atoms with Gasteiger partial charge in [-0.05, 0) is 29.8 Å². The monoisotopic (exact) mass is 272 g/mol. The molecule has 96 valence electrons. The van der Waals surface area contributed by atoms with Gasteiger partial charge in [0.05, 0.1) is 17.4 Å². The minimum Gasteiger partial charge on any atom is -0.280 e. The quantitative estimate of drug-likeness (QED) is 0.929. The summed E-state index contributed by atoms with van der Waals surface area (Å²) >= 11 is 0. The lowest BCUT2D eigenvalue weighted by atomic mass is 10.1. The molecule has 0 heterocycles. The summed E-state index contributed by atoms with van der Waals surface area (Å²) in [6, 6.07) is 17.0. The van der Waals surface area contributed by atoms with E-state index in [9.17, 15) is 8.42 Å². The summed E-state index contributed by atoms with van der Waals surface area (Å²) in [6.07, 6.45) is 0.251. The number of hydrogen-bond donors (Lipinski definition) is 1. The van der Waals surface area contributed by atoms with Crippen LogP contribution in [0.3, 0.4) is 0 Å². The highest BCUT2D eigenvalue weighted by molar-refractivity contribution is 7.92. The fourth-order valence-corrected chi connectivity index (χ4v) is 2.72. The summed E-state index contributed by atoms with van der Waals surface area (Å²) < 4.78 is 26.7. The standard InChI is InChI=1S/C14H12N2O2S/c15-10-9-12-5-4-6-13(11-12)16-19(17,18)14-7-2-1-3-8-14/h1-8,11,16H,9H2. The topological polar surface area (TPSA) is 70.0 Å². The lowest BCUT2D eigenvalue weighted by Crippen LogP contribution is -2.12. The molecule has 2 aromatic rings. The molecule has 0 aromatic heterocycles. The van der Waals surface area contributed by atoms with Crippen LogP contribution in [0, 0.1) is 11.3 Å². The van der Waals surface area contributed by atoms with Crippen molar-refractivity contribution in [1.82, 2.24) is 0 Å². The van der Waals surface area contributed by atoms with Crippen molar-refractivity contribution in [2.24, 2.45) is 0 Å². The van der Waals surface area contributed by atoms with Gasteiger partial charge in [0.15, 0.2) is 0 Å². The second-order valence-electron chi connectivity index (χ2n) is 3.95. The van der Waals surface area contributed by atoms with Crippen LogP contribution in [0.15, 0.2) is 59.5 Å². The molecule has 19 heavy (non-hydrogen) atoms. The van der Waals surface area contributed by atoms with Crippen LogP contribution in [-0.4, -0.2) is 8.42 Å². The van der Waals surface area contributed by atoms with Crippen molar-refractivity contribution in [3.63, 3.8) is 0 Å². The number of hydrogen-bond acceptors (Lipinski definition) is 3. The molecule has 0 aliphatic heterocycles. The van der Waals surface area contributed by atoms with Crippen LogP contribution in [0.5, 0.6) is 0 Å². The van der Waals surface area contributed by atoms with E-state index in [1.807, 2.05) is 6.07 Å². The average molecular weight is 272 g/mol. The first-order valence-corrected chi connectivity index (χ1v) is 7.14. The van der Waals surface area contributed by atoms with Gasteiger partial charge in [0.1, 0.15) is 0 Å². The number of rotatable bonds is 4. The van der Waals surface area contributed by atoms with Crippen LogP contribution in [0.2, 0.25) is 0 Å². The van der Waals surface area contributed by atoms with Gasteiger partial charge in [-0.15, -0.1) is 0 Å². The Balaban J connectivity index is 2.26. The Morgan fingerprint density at radius 1 is 1.05 bits per heavy atom. The van der Waals surface area contributed by atoms with E-state index in [2.05, 4.69) is 4.72 Å². The third-order valence-corrected chi connectivity index (χ3v) is 3.91. The van der Waals surface area contributed by atoms with Crippen LogP contribution >= 0.6 is 0 Å². The number of anilines is 1. The number of nitrogens with zero attached hydrogens (tertiary/aromatic N) is 1. The normalized spacial score (nSPS) is 10.7. The summed E-state index contributed by atoms with van der Waals surface area (Å²) in [5.74, 6) is 0. The van der Waals surface area contributed by atoms with E-state index in [-0.39, 0.29) is 11.3 Å². The summed E-state index contributed by atoms with van der Waals surface area (Å²) in [6.45, 7) is 0. The summed E-state index contributed by atoms with van der Waals surface area (Å²) in [4.78, 5) is 0.209. The van der Waals surface area contributed by atoms with Gasteiger partial charge in [0.25, 0.3) is 10.0 Å². The largest absolute Gasteiger partial charge is 0.280 e. The first kappa shape index (κ1) is 13.1. The Morgan fingerprint density at radius 3 is 2.47 bits per heavy atom. The summed E-state index contributed by atoms with van der Waals surface area (Å²) in [5.41, 5.74) is 1.23. The molecule has 0 amide bonds. The first-order chi connectivity index (χ1) is 9.12. The molecule has 0 bridgehead atoms. The number of sulfonamides is 1. The SMILES string of the molecule is N#CCc1cccc(NS(=O)(=O)c2ccccc2)c1. The van der Waals surface area contributed by atoms with Gasteiger partial charge in [-0.25, -0.2) is 8.42 Å². The molecule has 5 heteroatoms. The maximum atomic E-state index is 12.1. The maximum Gasteiger partial charge on any atom is 0.261 e. The van der Waals surface area contributed by atoms with Crippen molar-refractivity contribution < 1.29 is 8.42 Å². The fraction of sp³-hybridized carbons (Fsp3) is 0.0714. The van der Waals surface area contributed by atoms with Crippen LogP contribution in [0.1, 0.15) is 5.56 Å². The van der Waals surface area contributed by atoms with Crippen molar-refractivity contribution in [2.75, 3.05) is 4.72 Å². The van der Waals surface area contributed by atoms with Crippen molar-refractivity contribution in [3.8, 4) is 6.07 Å². The number of nitriles is 1. The highest BCUT2D eigenvalue weighted by atomic mass is 32.2. The molecule has 0 radical (unpaired) electrons. The van der Waals surface area contributed by atoms with Crippen molar-refractivity contribution in [1.29, 1.82) is 5.26 Å². The zero-order chi connectivity index (χ0) is 13.7. The number of nitrogens with one attached hydrogen (secondary N) is 1. The van der Waals surface area contributed by atoms with E-state index in [1.165, 1.54) is 12.1 Å². The molecule has 2 aromatic carbocycles. The molecular formula is C14H12N2O2S. The van der Waals surface area contributed by atoms with Gasteiger partial charge in [0.2, 0.25) is 0 Å². The Labute approximate surface area is 112 Å². The Morgan fingerprint density at radius 2 is 1.79 bits per heavy atom. The van der Waals surface area contributed by atoms with E-state index >= 15 is 0 Å². The highest BCUT2D eigenvalue weighted by Gasteiger charge is 2.13. The van der Waals surface area contributed by atoms with Crippen LogP contribution in [-0.2, 0) is 16.4 Å². The van der Waals surface area contributed by atoms with Gasteiger partial charge < -0.3 is 0 Å². The van der Waals surface area contributed by atoms with Crippen molar-refractivity contribution in [3.05, 3.63) is 60.2 Å². The summed E-state index contributed by atoms with van der Waals surface area (Å²) in [7, 11) is -3.58. The van der Waals surface area contributed by atoms with E-state index < -0.39 is 10.0 Å². The minimum atomic E-state index is -3.58. The van der Waals surface area contributed by atoms with Crippen molar-refractivity contribution >= 4 is 15.7 Å². The molecular weight excluding hydrogens is 260 g/mol. The van der Waals surface area contributed by atoms with E-state index in [0.717, 1.165) is 5.56 Å². The van der Waals surface area contributed by atoms with Gasteiger partial charge >= 0.3 is 0 Å². The molecule has 0 unspecified atom stereocenters. The second kappa shape index (κ2) is 5.55. The molecule has 4 nitrogen and oxygen atoms in total. The molecule has 0 atom stereocenters. The molecule has 0 saturated heterocycles. The van der Waals surface area contributed by atoms with Gasteiger partial charge in [-0.3, -0.25) is 4.72 Å². The zero-order valence-electron chi connectivity index (χ0n) is 10.1. The van der Waals surface area contributed by atoms with Crippen LogP contribution < -0.4 is 4.72 Å². The Hall–Kier alpha value is -2.32. The van der Waals surface area contributed by atoms with E-state index in [1.54, 1.807) is 42.5 Å². The molecule has 0 saturated carbocycles. The Bertz CT molecular complexity index is 704. The molecule has 0 fully saturated rings. The van der Waals surface area contributed by atoms with Crippen LogP contribution in [0.25, 0.3) is 0 Å². The molecule has 1 N–H and O–H groups in total. The smallest absolute Gasteiger partial charge is 0.261 e. The Kier molecular flexibility index (Phi) is 3.83. The predicted octanol–water partition coefficient (Wildman–Crippen LogP) is 2.55. The van der Waals surface area contributed by atoms with E-state index in [0.29, 0.717) is 5.69 Å². The number of benzene rings is 2. The minimum absolute atomic E-state index is 0.209. The first-order valence-electron chi connectivity index (χ1n) is 5.65. The van der Waals surface area contributed by atoms with Gasteiger partial charge in [-0.1, -0.05) is 30.3 Å². The third-order valence-electron chi connectivity index (χ3n) is 2.52. The summed E-state index contributed by atoms with van der Waals surface area (Å²) in [5, 5.41) is 8.63. The van der Waals surface area contributed by atoms with Gasteiger partial charge in [-0.2, -0.15) is 5.26 Å². The van der Waals surface area contributed by atoms with Gasteiger partial charge in [0, 0.05) is 5.69 Å². The molecule has 0 spiro atoms. The lowest BCUT2D eigenvalue weighted by Gasteiger charge is -2.08. The highest BCUT2D eigenvalue weighted by Crippen LogP contribution is 2.17. The molecule has 0 aliphatic rings. The van der Waals surface area contributed by atoms with Crippen LogP contribution in [0.4, 0.5) is 5.69 Å². The molecule has 0 aliphatic carbocycles. The lowest BCUT2D eigenvalue weighted by molar-refractivity contribution is 0.601. The van der Waals surface area contributed by atoms with E-state index in [4.69, 9.17) is 5.26 Å². The average Bonchev–Trinajstić information content (AvgIpc) is 2.40.